The molecule has 5 nitrogen and oxygen atoms in total. The summed E-state index contributed by atoms with van der Waals surface area (Å²) in [5, 5.41) is 3.15. The first-order chi connectivity index (χ1) is 9.70. The topological polar surface area (TPSA) is 55.6 Å². The van der Waals surface area contributed by atoms with E-state index in [0.717, 1.165) is 27.5 Å². The van der Waals surface area contributed by atoms with E-state index in [0.29, 0.717) is 5.92 Å². The monoisotopic (exact) mass is 335 g/mol. The van der Waals surface area contributed by atoms with Crippen LogP contribution in [0.4, 0.5) is 5.82 Å². The molecule has 0 bridgehead atoms. The summed E-state index contributed by atoms with van der Waals surface area (Å²) in [4.78, 5) is 13.6. The molecule has 1 aliphatic carbocycles. The highest BCUT2D eigenvalue weighted by atomic mass is 79.9. The van der Waals surface area contributed by atoms with E-state index in [4.69, 9.17) is 4.98 Å². The first kappa shape index (κ1) is 13.5. The van der Waals surface area contributed by atoms with Crippen LogP contribution in [0, 0.1) is 0 Å². The van der Waals surface area contributed by atoms with Gasteiger partial charge in [-0.25, -0.2) is 15.0 Å². The van der Waals surface area contributed by atoms with Crippen molar-refractivity contribution in [3.05, 3.63) is 22.7 Å². The molecule has 6 heteroatoms. The maximum atomic E-state index is 4.81. The second-order valence-corrected chi connectivity index (χ2v) is 6.01. The minimum absolute atomic E-state index is 0.534. The molecular formula is C14H18BrN5. The summed E-state index contributed by atoms with van der Waals surface area (Å²) in [6, 6.07) is 0. The summed E-state index contributed by atoms with van der Waals surface area (Å²) in [5.41, 5.74) is 2.06. The summed E-state index contributed by atoms with van der Waals surface area (Å²) >= 11 is 3.66. The Morgan fingerprint density at radius 1 is 1.30 bits per heavy atom. The standard InChI is InChI=1S/C14H18BrN5/c1-16-14-11(15)12(9-5-3-4-6-9)18-13(19-14)10-7-17-8-20(10)2/h7-9H,3-6H2,1-2H3,(H,16,18,19). The zero-order chi connectivity index (χ0) is 14.1. The van der Waals surface area contributed by atoms with Crippen molar-refractivity contribution in [1.82, 2.24) is 19.5 Å². The second kappa shape index (κ2) is 5.52. The normalized spacial score (nSPS) is 15.8. The van der Waals surface area contributed by atoms with Gasteiger partial charge in [0.05, 0.1) is 22.7 Å². The zero-order valence-corrected chi connectivity index (χ0v) is 13.3. The Labute approximate surface area is 127 Å². The van der Waals surface area contributed by atoms with Gasteiger partial charge in [0.2, 0.25) is 0 Å². The van der Waals surface area contributed by atoms with Crippen LogP contribution in [0.5, 0.6) is 0 Å². The van der Waals surface area contributed by atoms with E-state index < -0.39 is 0 Å². The molecule has 0 unspecified atom stereocenters. The highest BCUT2D eigenvalue weighted by Crippen LogP contribution is 2.39. The Morgan fingerprint density at radius 2 is 2.05 bits per heavy atom. The van der Waals surface area contributed by atoms with Crippen molar-refractivity contribution < 1.29 is 0 Å². The number of anilines is 1. The number of aromatic nitrogens is 4. The third-order valence-corrected chi connectivity index (χ3v) is 4.68. The van der Waals surface area contributed by atoms with E-state index in [1.54, 1.807) is 12.5 Å². The Morgan fingerprint density at radius 3 is 2.65 bits per heavy atom. The lowest BCUT2D eigenvalue weighted by molar-refractivity contribution is 0.690. The van der Waals surface area contributed by atoms with Crippen LogP contribution in [0.1, 0.15) is 37.3 Å². The first-order valence-electron chi connectivity index (χ1n) is 6.92. The molecule has 0 aromatic carbocycles. The molecule has 2 heterocycles. The van der Waals surface area contributed by atoms with Crippen LogP contribution < -0.4 is 5.32 Å². The summed E-state index contributed by atoms with van der Waals surface area (Å²) in [6.07, 6.45) is 8.58. The number of rotatable bonds is 3. The van der Waals surface area contributed by atoms with Gasteiger partial charge in [0.15, 0.2) is 5.82 Å². The third-order valence-electron chi connectivity index (χ3n) is 3.90. The predicted octanol–water partition coefficient (Wildman–Crippen LogP) is 3.34. The summed E-state index contributed by atoms with van der Waals surface area (Å²) < 4.78 is 2.94. The molecule has 0 atom stereocenters. The Balaban J connectivity index is 2.12. The molecule has 3 rings (SSSR count). The summed E-state index contributed by atoms with van der Waals surface area (Å²) in [7, 11) is 3.85. The van der Waals surface area contributed by atoms with Gasteiger partial charge < -0.3 is 9.88 Å². The van der Waals surface area contributed by atoms with Crippen molar-refractivity contribution in [1.29, 1.82) is 0 Å². The molecule has 20 heavy (non-hydrogen) atoms. The van der Waals surface area contributed by atoms with Crippen molar-refractivity contribution >= 4 is 21.7 Å². The van der Waals surface area contributed by atoms with Crippen LogP contribution in [0.2, 0.25) is 0 Å². The molecule has 1 saturated carbocycles. The van der Waals surface area contributed by atoms with Crippen LogP contribution in [-0.4, -0.2) is 26.6 Å². The van der Waals surface area contributed by atoms with Gasteiger partial charge in [-0.15, -0.1) is 0 Å². The molecule has 1 fully saturated rings. The minimum atomic E-state index is 0.534. The van der Waals surface area contributed by atoms with Crippen LogP contribution in [0.3, 0.4) is 0 Å². The lowest BCUT2D eigenvalue weighted by Gasteiger charge is -2.15. The van der Waals surface area contributed by atoms with Gasteiger partial charge in [-0.2, -0.15) is 0 Å². The highest BCUT2D eigenvalue weighted by Gasteiger charge is 2.24. The molecule has 0 saturated heterocycles. The van der Waals surface area contributed by atoms with E-state index in [9.17, 15) is 0 Å². The van der Waals surface area contributed by atoms with Crippen LogP contribution in [-0.2, 0) is 7.05 Å². The molecule has 1 N–H and O–H groups in total. The van der Waals surface area contributed by atoms with Gasteiger partial charge >= 0.3 is 0 Å². The van der Waals surface area contributed by atoms with E-state index in [1.165, 1.54) is 25.7 Å². The largest absolute Gasteiger partial charge is 0.372 e. The van der Waals surface area contributed by atoms with Crippen LogP contribution in [0.25, 0.3) is 11.5 Å². The van der Waals surface area contributed by atoms with E-state index >= 15 is 0 Å². The number of hydrogen-bond donors (Lipinski definition) is 1. The fourth-order valence-electron chi connectivity index (χ4n) is 2.79. The van der Waals surface area contributed by atoms with Crippen molar-refractivity contribution in [3.8, 4) is 11.5 Å². The van der Waals surface area contributed by atoms with Crippen LogP contribution in [0.15, 0.2) is 17.0 Å². The number of aryl methyl sites for hydroxylation is 1. The summed E-state index contributed by atoms with van der Waals surface area (Å²) in [6.45, 7) is 0. The fourth-order valence-corrected chi connectivity index (χ4v) is 3.49. The molecule has 0 radical (unpaired) electrons. The van der Waals surface area contributed by atoms with Crippen LogP contribution >= 0.6 is 15.9 Å². The lowest BCUT2D eigenvalue weighted by Crippen LogP contribution is -2.07. The van der Waals surface area contributed by atoms with Gasteiger partial charge in [-0.05, 0) is 28.8 Å². The van der Waals surface area contributed by atoms with Gasteiger partial charge in [-0.1, -0.05) is 12.8 Å². The number of nitrogens with zero attached hydrogens (tertiary/aromatic N) is 4. The predicted molar refractivity (Wildman–Crippen MR) is 82.7 cm³/mol. The Kier molecular flexibility index (Phi) is 3.74. The minimum Gasteiger partial charge on any atom is -0.372 e. The average Bonchev–Trinajstić information content (AvgIpc) is 3.10. The Hall–Kier alpha value is -1.43. The quantitative estimate of drug-likeness (QED) is 0.934. The van der Waals surface area contributed by atoms with E-state index in [2.05, 4.69) is 31.2 Å². The van der Waals surface area contributed by atoms with Crippen molar-refractivity contribution in [3.63, 3.8) is 0 Å². The van der Waals surface area contributed by atoms with Gasteiger partial charge in [0.25, 0.3) is 0 Å². The van der Waals surface area contributed by atoms with Crippen molar-refractivity contribution in [2.75, 3.05) is 12.4 Å². The number of halogens is 1. The second-order valence-electron chi connectivity index (χ2n) is 5.22. The van der Waals surface area contributed by atoms with Crippen molar-refractivity contribution in [2.45, 2.75) is 31.6 Å². The summed E-state index contributed by atoms with van der Waals surface area (Å²) in [5.74, 6) is 2.11. The first-order valence-corrected chi connectivity index (χ1v) is 7.72. The molecule has 0 aliphatic heterocycles. The molecule has 106 valence electrons. The van der Waals surface area contributed by atoms with Gasteiger partial charge in [-0.3, -0.25) is 0 Å². The molecular weight excluding hydrogens is 318 g/mol. The number of imidazole rings is 1. The molecule has 1 aliphatic rings. The van der Waals surface area contributed by atoms with Crippen molar-refractivity contribution in [2.24, 2.45) is 7.05 Å². The maximum Gasteiger partial charge on any atom is 0.180 e. The SMILES string of the molecule is CNc1nc(-c2cncn2C)nc(C2CCCC2)c1Br. The molecule has 2 aromatic rings. The molecule has 2 aromatic heterocycles. The van der Waals surface area contributed by atoms with Gasteiger partial charge in [0.1, 0.15) is 11.5 Å². The third kappa shape index (κ3) is 2.32. The fraction of sp³-hybridized carbons (Fsp3) is 0.500. The molecule has 0 spiro atoms. The number of nitrogens with one attached hydrogen (secondary N) is 1. The number of hydrogen-bond acceptors (Lipinski definition) is 4. The average molecular weight is 336 g/mol. The zero-order valence-electron chi connectivity index (χ0n) is 11.7. The maximum absolute atomic E-state index is 4.81. The smallest absolute Gasteiger partial charge is 0.180 e. The molecule has 0 amide bonds. The van der Waals surface area contributed by atoms with E-state index in [1.807, 2.05) is 18.7 Å². The highest BCUT2D eigenvalue weighted by molar-refractivity contribution is 9.10. The lowest BCUT2D eigenvalue weighted by atomic mass is 10.0. The van der Waals surface area contributed by atoms with Gasteiger partial charge in [0, 0.05) is 20.0 Å². The Bertz CT molecular complexity index is 616. The van der Waals surface area contributed by atoms with E-state index in [-0.39, 0.29) is 0 Å².